The Morgan fingerprint density at radius 1 is 1.09 bits per heavy atom. The smallest absolute Gasteiger partial charge is 0.258 e. The molecule has 0 saturated heterocycles. The van der Waals surface area contributed by atoms with E-state index in [1.165, 1.54) is 18.6 Å². The number of ether oxygens (including phenoxy) is 1. The lowest BCUT2D eigenvalue weighted by Crippen LogP contribution is -2.47. The molecule has 0 radical (unpaired) electrons. The average Bonchev–Trinajstić information content (AvgIpc) is 3.31. The molecule has 0 aliphatic heterocycles. The number of nitrogens with one attached hydrogen (secondary N) is 2. The Labute approximate surface area is 182 Å². The molecule has 2 aromatic carbocycles. The number of imidazole rings is 1. The number of primary amides is 1. The van der Waals surface area contributed by atoms with Crippen LogP contribution in [0.25, 0.3) is 0 Å². The molecule has 3 aromatic rings. The number of hydrogen-bond donors (Lipinski definition) is 3. The van der Waals surface area contributed by atoms with E-state index in [-0.39, 0.29) is 18.8 Å². The quantitative estimate of drug-likeness (QED) is 0.248. The fourth-order valence-electron chi connectivity index (χ4n) is 2.83. The maximum atomic E-state index is 12.5. The second kappa shape index (κ2) is 10.5. The number of carbonyl (C=O) groups is 3. The zero-order chi connectivity index (χ0) is 22.9. The van der Waals surface area contributed by atoms with Gasteiger partial charge in [-0.2, -0.15) is 4.99 Å². The molecule has 0 aliphatic carbocycles. The maximum Gasteiger partial charge on any atom is 0.258 e. The molecular formula is C22H19N5O5. The van der Waals surface area contributed by atoms with Gasteiger partial charge in [0.2, 0.25) is 12.0 Å². The van der Waals surface area contributed by atoms with Gasteiger partial charge in [0.25, 0.3) is 5.91 Å². The molecule has 4 N–H and O–H groups in total. The highest BCUT2D eigenvalue weighted by Crippen LogP contribution is 2.18. The van der Waals surface area contributed by atoms with Gasteiger partial charge >= 0.3 is 0 Å². The molecule has 0 aliphatic rings. The molecule has 10 nitrogen and oxygen atoms in total. The number of benzene rings is 2. The molecular weight excluding hydrogens is 414 g/mol. The van der Waals surface area contributed by atoms with Crippen molar-refractivity contribution in [3.8, 4) is 5.75 Å². The van der Waals surface area contributed by atoms with Gasteiger partial charge in [0.05, 0.1) is 12.0 Å². The van der Waals surface area contributed by atoms with Crippen molar-refractivity contribution >= 4 is 29.4 Å². The number of aromatic amines is 1. The Morgan fingerprint density at radius 3 is 2.31 bits per heavy atom. The van der Waals surface area contributed by atoms with Crippen LogP contribution in [0.1, 0.15) is 21.6 Å². The molecule has 0 fully saturated rings. The fraction of sp³-hybridized carbons (Fsp3) is 0.136. The van der Waals surface area contributed by atoms with Crippen LogP contribution in [0.4, 0.5) is 5.69 Å². The van der Waals surface area contributed by atoms with Gasteiger partial charge in [0, 0.05) is 29.4 Å². The number of H-pyrrole nitrogens is 1. The first kappa shape index (κ1) is 22.1. The van der Waals surface area contributed by atoms with Gasteiger partial charge in [-0.1, -0.05) is 0 Å². The van der Waals surface area contributed by atoms with E-state index in [1.54, 1.807) is 48.5 Å². The maximum absolute atomic E-state index is 12.5. The normalized spacial score (nSPS) is 11.1. The molecule has 0 bridgehead atoms. The standard InChI is InChI=1S/C22H19N5O5/c23-22(31)19(9-17-10-24-12-25-17)27-20(29)11-32-18-7-3-15(4-8-18)21(30)14-1-5-16(6-2-14)26-13-28/h1-8,10,12,19H,9,11H2,(H2,23,31)(H,24,25)(H,27,29). The summed E-state index contributed by atoms with van der Waals surface area (Å²) in [6.45, 7) is -0.335. The zero-order valence-corrected chi connectivity index (χ0v) is 16.8. The van der Waals surface area contributed by atoms with Crippen molar-refractivity contribution < 1.29 is 23.9 Å². The molecule has 1 aromatic heterocycles. The predicted octanol–water partition coefficient (Wildman–Crippen LogP) is 1.20. The number of nitrogens with zero attached hydrogens (tertiary/aromatic N) is 2. The van der Waals surface area contributed by atoms with E-state index < -0.39 is 17.9 Å². The third kappa shape index (κ3) is 5.97. The van der Waals surface area contributed by atoms with Gasteiger partial charge in [0.15, 0.2) is 12.4 Å². The topological polar surface area (TPSA) is 157 Å². The van der Waals surface area contributed by atoms with Crippen LogP contribution in [0.15, 0.2) is 66.0 Å². The Hall–Kier alpha value is -4.56. The molecule has 32 heavy (non-hydrogen) atoms. The second-order valence-corrected chi connectivity index (χ2v) is 6.70. The van der Waals surface area contributed by atoms with Crippen molar-refractivity contribution in [1.29, 1.82) is 0 Å². The summed E-state index contributed by atoms with van der Waals surface area (Å²) < 4.78 is 5.42. The van der Waals surface area contributed by atoms with Crippen LogP contribution in [0.3, 0.4) is 0 Å². The number of isocyanates is 1. The van der Waals surface area contributed by atoms with Gasteiger partial charge in [-0.15, -0.1) is 0 Å². The van der Waals surface area contributed by atoms with Crippen molar-refractivity contribution in [1.82, 2.24) is 15.3 Å². The third-order valence-electron chi connectivity index (χ3n) is 4.45. The molecule has 2 amide bonds. The van der Waals surface area contributed by atoms with Crippen LogP contribution >= 0.6 is 0 Å². The third-order valence-corrected chi connectivity index (χ3v) is 4.45. The first-order valence-corrected chi connectivity index (χ1v) is 9.47. The summed E-state index contributed by atoms with van der Waals surface area (Å²) in [4.78, 5) is 56.7. The van der Waals surface area contributed by atoms with Crippen LogP contribution in [0.5, 0.6) is 5.75 Å². The Morgan fingerprint density at radius 2 is 1.75 bits per heavy atom. The lowest BCUT2D eigenvalue weighted by Gasteiger charge is -2.15. The number of aromatic nitrogens is 2. The average molecular weight is 433 g/mol. The fourth-order valence-corrected chi connectivity index (χ4v) is 2.83. The van der Waals surface area contributed by atoms with Crippen molar-refractivity contribution in [3.05, 3.63) is 77.9 Å². The summed E-state index contributed by atoms with van der Waals surface area (Å²) in [5.41, 5.74) is 7.25. The number of rotatable bonds is 10. The number of aliphatic imine (C=N–C) groups is 1. The molecule has 10 heteroatoms. The van der Waals surface area contributed by atoms with Crippen LogP contribution < -0.4 is 15.8 Å². The number of carbonyl (C=O) groups excluding carboxylic acids is 4. The van der Waals surface area contributed by atoms with E-state index in [9.17, 15) is 19.2 Å². The SMILES string of the molecule is NC(=O)C(Cc1cnc[nH]1)NC(=O)COc1ccc(C(=O)c2ccc(N=C=O)cc2)cc1. The van der Waals surface area contributed by atoms with E-state index >= 15 is 0 Å². The summed E-state index contributed by atoms with van der Waals surface area (Å²) in [6.07, 6.45) is 4.62. The van der Waals surface area contributed by atoms with Crippen molar-refractivity contribution in [2.75, 3.05) is 6.61 Å². The minimum Gasteiger partial charge on any atom is -0.484 e. The highest BCUT2D eigenvalue weighted by Gasteiger charge is 2.19. The first-order valence-electron chi connectivity index (χ1n) is 9.47. The van der Waals surface area contributed by atoms with E-state index in [0.717, 1.165) is 0 Å². The summed E-state index contributed by atoms with van der Waals surface area (Å²) in [5, 5.41) is 2.52. The largest absolute Gasteiger partial charge is 0.484 e. The molecule has 162 valence electrons. The summed E-state index contributed by atoms with van der Waals surface area (Å²) >= 11 is 0. The Bertz CT molecular complexity index is 1130. The predicted molar refractivity (Wildman–Crippen MR) is 113 cm³/mol. The minimum absolute atomic E-state index is 0.181. The first-order chi connectivity index (χ1) is 15.5. The number of amides is 2. The lowest BCUT2D eigenvalue weighted by molar-refractivity contribution is -0.128. The lowest BCUT2D eigenvalue weighted by atomic mass is 10.0. The monoisotopic (exact) mass is 433 g/mol. The molecule has 1 heterocycles. The number of hydrogen-bond acceptors (Lipinski definition) is 7. The summed E-state index contributed by atoms with van der Waals surface area (Å²) in [7, 11) is 0. The van der Waals surface area contributed by atoms with Crippen LogP contribution in [-0.4, -0.2) is 46.3 Å². The van der Waals surface area contributed by atoms with Crippen LogP contribution in [0, 0.1) is 0 Å². The highest BCUT2D eigenvalue weighted by atomic mass is 16.5. The van der Waals surface area contributed by atoms with Crippen molar-refractivity contribution in [2.45, 2.75) is 12.5 Å². The van der Waals surface area contributed by atoms with Crippen molar-refractivity contribution in [3.63, 3.8) is 0 Å². The summed E-state index contributed by atoms with van der Waals surface area (Å²) in [5.74, 6) is -1.05. The molecule has 1 unspecified atom stereocenters. The van der Waals surface area contributed by atoms with E-state index in [0.29, 0.717) is 28.3 Å². The summed E-state index contributed by atoms with van der Waals surface area (Å²) in [6, 6.07) is 11.5. The molecule has 3 rings (SSSR count). The van der Waals surface area contributed by atoms with E-state index in [1.807, 2.05) is 0 Å². The van der Waals surface area contributed by atoms with Gasteiger partial charge in [-0.05, 0) is 48.5 Å². The highest BCUT2D eigenvalue weighted by molar-refractivity contribution is 6.09. The van der Waals surface area contributed by atoms with E-state index in [4.69, 9.17) is 10.5 Å². The van der Waals surface area contributed by atoms with Crippen LogP contribution in [-0.2, 0) is 20.8 Å². The number of ketones is 1. The Kier molecular flexibility index (Phi) is 7.24. The van der Waals surface area contributed by atoms with Crippen LogP contribution in [0.2, 0.25) is 0 Å². The minimum atomic E-state index is -0.907. The molecule has 0 saturated carbocycles. The van der Waals surface area contributed by atoms with Gasteiger partial charge in [-0.25, -0.2) is 9.78 Å². The van der Waals surface area contributed by atoms with Gasteiger partial charge in [-0.3, -0.25) is 14.4 Å². The zero-order valence-electron chi connectivity index (χ0n) is 16.8. The second-order valence-electron chi connectivity index (χ2n) is 6.70. The van der Waals surface area contributed by atoms with Crippen molar-refractivity contribution in [2.24, 2.45) is 10.7 Å². The van der Waals surface area contributed by atoms with Gasteiger partial charge < -0.3 is 20.8 Å². The molecule has 1 atom stereocenters. The molecule has 0 spiro atoms. The Balaban J connectivity index is 1.54. The van der Waals surface area contributed by atoms with Gasteiger partial charge in [0.1, 0.15) is 11.8 Å². The van der Waals surface area contributed by atoms with E-state index in [2.05, 4.69) is 20.3 Å². The number of nitrogens with two attached hydrogens (primary N) is 1.